The number of nitrogens with zero attached hydrogens (tertiary/aromatic N) is 1. The Morgan fingerprint density at radius 2 is 1.52 bits per heavy atom. The Kier molecular flexibility index (Phi) is 14.5. The molecular weight excluding hydrogens is 425 g/mol. The summed E-state index contributed by atoms with van der Waals surface area (Å²) in [6, 6.07) is 0. The first kappa shape index (κ1) is 25.2. The van der Waals surface area contributed by atoms with E-state index in [9.17, 15) is 8.42 Å². The predicted octanol–water partition coefficient (Wildman–Crippen LogP) is 3.34. The number of nitrogens with one attached hydrogen (secondary N) is 2. The lowest BCUT2D eigenvalue weighted by Crippen LogP contribution is -2.47. The van der Waals surface area contributed by atoms with Crippen LogP contribution in [-0.4, -0.2) is 45.5 Å². The molecule has 0 bridgehead atoms. The largest absolute Gasteiger partial charge is 0.356 e. The highest BCUT2D eigenvalue weighted by molar-refractivity contribution is 14.0. The fourth-order valence-corrected chi connectivity index (χ4v) is 2.27. The lowest BCUT2D eigenvalue weighted by molar-refractivity contribution is 0.543. The van der Waals surface area contributed by atoms with E-state index in [1.807, 2.05) is 0 Å². The highest BCUT2D eigenvalue weighted by atomic mass is 127. The fraction of sp³-hybridized carbons (Fsp3) is 0.938. The monoisotopic (exact) mass is 461 g/mol. The van der Waals surface area contributed by atoms with Crippen molar-refractivity contribution in [3.8, 4) is 0 Å². The van der Waals surface area contributed by atoms with Crippen molar-refractivity contribution in [1.29, 1.82) is 0 Å². The van der Waals surface area contributed by atoms with Gasteiger partial charge in [0.25, 0.3) is 0 Å². The molecular formula is C16H36IN3O2S. The van der Waals surface area contributed by atoms with E-state index in [0.29, 0.717) is 12.5 Å². The van der Waals surface area contributed by atoms with Crippen LogP contribution < -0.4 is 10.6 Å². The SMILES string of the molecule is CCCCCCCCCNC(=NC)NCC(C)(C)S(C)(=O)=O.I. The fourth-order valence-electron chi connectivity index (χ4n) is 1.94. The third-order valence-electron chi connectivity index (χ3n) is 3.98. The minimum Gasteiger partial charge on any atom is -0.356 e. The predicted molar refractivity (Wildman–Crippen MR) is 112 cm³/mol. The van der Waals surface area contributed by atoms with Crippen LogP contribution in [0, 0.1) is 0 Å². The Morgan fingerprint density at radius 1 is 1.00 bits per heavy atom. The normalized spacial score (nSPS) is 12.7. The standard InChI is InChI=1S/C16H35N3O2S.HI/c1-6-7-8-9-10-11-12-13-18-15(17-4)19-14-16(2,3)22(5,20)21;/h6-14H2,1-5H3,(H2,17,18,19);1H. The van der Waals surface area contributed by atoms with Crippen molar-refractivity contribution >= 4 is 39.8 Å². The summed E-state index contributed by atoms with van der Waals surface area (Å²) >= 11 is 0. The van der Waals surface area contributed by atoms with Gasteiger partial charge in [-0.25, -0.2) is 8.42 Å². The Balaban J connectivity index is 0. The summed E-state index contributed by atoms with van der Waals surface area (Å²) in [5, 5.41) is 6.33. The van der Waals surface area contributed by atoms with E-state index in [4.69, 9.17) is 0 Å². The van der Waals surface area contributed by atoms with Gasteiger partial charge in [0.2, 0.25) is 0 Å². The van der Waals surface area contributed by atoms with Gasteiger partial charge >= 0.3 is 0 Å². The third-order valence-corrected chi connectivity index (χ3v) is 6.13. The number of guanidine groups is 1. The van der Waals surface area contributed by atoms with Crippen LogP contribution in [0.4, 0.5) is 0 Å². The molecule has 0 spiro atoms. The van der Waals surface area contributed by atoms with E-state index < -0.39 is 14.6 Å². The van der Waals surface area contributed by atoms with Gasteiger partial charge < -0.3 is 10.6 Å². The molecule has 2 N–H and O–H groups in total. The van der Waals surface area contributed by atoms with Crippen molar-refractivity contribution in [3.05, 3.63) is 0 Å². The van der Waals surface area contributed by atoms with E-state index in [1.54, 1.807) is 20.9 Å². The molecule has 0 radical (unpaired) electrons. The molecule has 0 atom stereocenters. The minimum atomic E-state index is -3.09. The summed E-state index contributed by atoms with van der Waals surface area (Å²) in [7, 11) is -1.39. The zero-order valence-corrected chi connectivity index (χ0v) is 18.6. The summed E-state index contributed by atoms with van der Waals surface area (Å²) < 4.78 is 22.5. The van der Waals surface area contributed by atoms with Crippen LogP contribution in [0.1, 0.15) is 65.7 Å². The van der Waals surface area contributed by atoms with Gasteiger partial charge in [0.05, 0.1) is 4.75 Å². The molecule has 23 heavy (non-hydrogen) atoms. The molecule has 0 aliphatic carbocycles. The molecule has 0 aliphatic heterocycles. The summed E-state index contributed by atoms with van der Waals surface area (Å²) in [4.78, 5) is 4.13. The quantitative estimate of drug-likeness (QED) is 0.214. The van der Waals surface area contributed by atoms with Crippen LogP contribution in [0.25, 0.3) is 0 Å². The van der Waals surface area contributed by atoms with E-state index in [1.165, 1.54) is 44.8 Å². The van der Waals surface area contributed by atoms with Crippen molar-refractivity contribution in [3.63, 3.8) is 0 Å². The summed E-state index contributed by atoms with van der Waals surface area (Å²) in [6.07, 6.45) is 10.2. The lowest BCUT2D eigenvalue weighted by atomic mass is 10.1. The molecule has 7 heteroatoms. The van der Waals surface area contributed by atoms with Crippen LogP contribution in [0.15, 0.2) is 4.99 Å². The smallest absolute Gasteiger partial charge is 0.191 e. The number of hydrogen-bond acceptors (Lipinski definition) is 3. The molecule has 0 saturated heterocycles. The van der Waals surface area contributed by atoms with Gasteiger partial charge in [0, 0.05) is 26.4 Å². The molecule has 0 unspecified atom stereocenters. The molecule has 0 rings (SSSR count). The van der Waals surface area contributed by atoms with Gasteiger partial charge in [0.1, 0.15) is 0 Å². The summed E-state index contributed by atoms with van der Waals surface area (Å²) in [6.45, 7) is 6.89. The van der Waals surface area contributed by atoms with Crippen molar-refractivity contribution in [1.82, 2.24) is 10.6 Å². The van der Waals surface area contributed by atoms with E-state index in [-0.39, 0.29) is 24.0 Å². The molecule has 0 amide bonds. The first-order valence-corrected chi connectivity index (χ1v) is 10.3. The first-order chi connectivity index (χ1) is 10.2. The Labute approximate surface area is 160 Å². The molecule has 0 aromatic rings. The highest BCUT2D eigenvalue weighted by Gasteiger charge is 2.30. The molecule has 140 valence electrons. The van der Waals surface area contributed by atoms with Gasteiger partial charge in [-0.2, -0.15) is 0 Å². The molecule has 0 fully saturated rings. The first-order valence-electron chi connectivity index (χ1n) is 8.38. The third kappa shape index (κ3) is 12.0. The van der Waals surface area contributed by atoms with Crippen LogP contribution in [-0.2, 0) is 9.84 Å². The van der Waals surface area contributed by atoms with Gasteiger partial charge in [-0.15, -0.1) is 24.0 Å². The minimum absolute atomic E-state index is 0. The maximum absolute atomic E-state index is 11.7. The number of unbranched alkanes of at least 4 members (excludes halogenated alkanes) is 6. The second-order valence-corrected chi connectivity index (χ2v) is 9.16. The molecule has 0 heterocycles. The topological polar surface area (TPSA) is 70.6 Å². The van der Waals surface area contributed by atoms with Gasteiger partial charge in [0.15, 0.2) is 15.8 Å². The van der Waals surface area contributed by atoms with E-state index in [2.05, 4.69) is 22.5 Å². The van der Waals surface area contributed by atoms with E-state index >= 15 is 0 Å². The summed E-state index contributed by atoms with van der Waals surface area (Å²) in [5.74, 6) is 0.669. The maximum atomic E-state index is 11.7. The van der Waals surface area contributed by atoms with Gasteiger partial charge in [-0.3, -0.25) is 4.99 Å². The van der Waals surface area contributed by atoms with Crippen LogP contribution in [0.3, 0.4) is 0 Å². The molecule has 0 aromatic carbocycles. The number of sulfone groups is 1. The average molecular weight is 461 g/mol. The average Bonchev–Trinajstić information content (AvgIpc) is 2.43. The Morgan fingerprint density at radius 3 is 2.00 bits per heavy atom. The number of halogens is 1. The molecule has 5 nitrogen and oxygen atoms in total. The van der Waals surface area contributed by atoms with Crippen LogP contribution in [0.2, 0.25) is 0 Å². The maximum Gasteiger partial charge on any atom is 0.191 e. The lowest BCUT2D eigenvalue weighted by Gasteiger charge is -2.24. The molecule has 0 aliphatic rings. The zero-order valence-electron chi connectivity index (χ0n) is 15.4. The van der Waals surface area contributed by atoms with Gasteiger partial charge in [-0.05, 0) is 20.3 Å². The second-order valence-electron chi connectivity index (χ2n) is 6.51. The van der Waals surface area contributed by atoms with Crippen LogP contribution in [0.5, 0.6) is 0 Å². The highest BCUT2D eigenvalue weighted by Crippen LogP contribution is 2.13. The Bertz CT molecular complexity index is 423. The zero-order chi connectivity index (χ0) is 17.1. The van der Waals surface area contributed by atoms with Crippen LogP contribution >= 0.6 is 24.0 Å². The number of hydrogen-bond donors (Lipinski definition) is 2. The van der Waals surface area contributed by atoms with Crippen molar-refractivity contribution < 1.29 is 8.42 Å². The van der Waals surface area contributed by atoms with Crippen molar-refractivity contribution in [2.45, 2.75) is 70.5 Å². The Hall–Kier alpha value is -0.0500. The van der Waals surface area contributed by atoms with Gasteiger partial charge in [-0.1, -0.05) is 45.4 Å². The second kappa shape index (κ2) is 13.3. The van der Waals surface area contributed by atoms with Crippen molar-refractivity contribution in [2.75, 3.05) is 26.4 Å². The number of rotatable bonds is 11. The number of aliphatic imine (C=N–C) groups is 1. The molecule has 0 aromatic heterocycles. The van der Waals surface area contributed by atoms with Crippen molar-refractivity contribution in [2.24, 2.45) is 4.99 Å². The summed E-state index contributed by atoms with van der Waals surface area (Å²) in [5.41, 5.74) is 0. The molecule has 0 saturated carbocycles. The van der Waals surface area contributed by atoms with E-state index in [0.717, 1.165) is 13.0 Å².